The van der Waals surface area contributed by atoms with Crippen LogP contribution in [0.4, 0.5) is 5.82 Å². The smallest absolute Gasteiger partial charge is 0.137 e. The van der Waals surface area contributed by atoms with Gasteiger partial charge in [0.15, 0.2) is 0 Å². The number of hydrogen-bond acceptors (Lipinski definition) is 8. The van der Waals surface area contributed by atoms with Gasteiger partial charge in [-0.2, -0.15) is 0 Å². The molecule has 0 saturated heterocycles. The first-order valence-corrected chi connectivity index (χ1v) is 5.57. The lowest BCUT2D eigenvalue weighted by molar-refractivity contribution is -0.307. The zero-order valence-corrected chi connectivity index (χ0v) is 10.1. The highest BCUT2D eigenvalue weighted by atomic mass is 16.4. The first-order valence-electron chi connectivity index (χ1n) is 5.57. The first-order chi connectivity index (χ1) is 9.52. The van der Waals surface area contributed by atoms with E-state index in [1.165, 1.54) is 18.2 Å². The number of carboxylic acids is 2. The number of aliphatic hydroxyl groups excluding tert-OH is 1. The molecule has 2 N–H and O–H groups in total. The number of aliphatic hydroxyl groups is 1. The molecule has 1 aromatic heterocycles. The maximum absolute atomic E-state index is 10.8. The van der Waals surface area contributed by atoms with Crippen LogP contribution in [0.25, 0.3) is 10.9 Å². The zero-order chi connectivity index (χ0) is 14.7. The van der Waals surface area contributed by atoms with Crippen LogP contribution in [0.5, 0.6) is 0 Å². The predicted molar refractivity (Wildman–Crippen MR) is 63.4 cm³/mol. The fraction of sp³-hybridized carbons (Fsp3) is 0.167. The molecule has 8 nitrogen and oxygen atoms in total. The van der Waals surface area contributed by atoms with Crippen molar-refractivity contribution in [2.24, 2.45) is 0 Å². The minimum absolute atomic E-state index is 0.0549. The van der Waals surface area contributed by atoms with Gasteiger partial charge < -0.3 is 30.2 Å². The molecule has 1 atom stereocenters. The Hall–Kier alpha value is -2.74. The molecule has 0 aliphatic carbocycles. The molecule has 0 saturated carbocycles. The highest BCUT2D eigenvalue weighted by molar-refractivity contribution is 5.96. The van der Waals surface area contributed by atoms with Crippen molar-refractivity contribution in [2.45, 2.75) is 6.04 Å². The number of nitrogens with zero attached hydrogens (tertiary/aromatic N) is 2. The number of carbonyl (C=O) groups is 2. The predicted octanol–water partition coefficient (Wildman–Crippen LogP) is -2.48. The summed E-state index contributed by atoms with van der Waals surface area (Å²) in [4.78, 5) is 29.3. The standard InChI is InChI=1S/C12H11N3O5/c16-4-9(12(19)20)15-10-7-2-1-6(11(17)18)3-8(7)13-5-14-10/h1-3,5,9,16H,4H2,(H,17,18)(H,19,20)(H,13,14,15)/p-2/t9-/m1/s1. The monoisotopic (exact) mass is 275 g/mol. The molecule has 0 aliphatic rings. The van der Waals surface area contributed by atoms with Gasteiger partial charge in [-0.1, -0.05) is 6.07 Å². The minimum atomic E-state index is -1.48. The van der Waals surface area contributed by atoms with Crippen molar-refractivity contribution in [3.8, 4) is 0 Å². The summed E-state index contributed by atoms with van der Waals surface area (Å²) < 4.78 is 0. The molecule has 0 spiro atoms. The average molecular weight is 275 g/mol. The average Bonchev–Trinajstić information content (AvgIpc) is 2.43. The summed E-state index contributed by atoms with van der Waals surface area (Å²) in [6.07, 6.45) is 1.15. The van der Waals surface area contributed by atoms with Gasteiger partial charge in [-0.05, 0) is 17.7 Å². The van der Waals surface area contributed by atoms with Gasteiger partial charge in [-0.3, -0.25) is 0 Å². The van der Waals surface area contributed by atoms with E-state index in [-0.39, 0.29) is 11.4 Å². The third-order valence-corrected chi connectivity index (χ3v) is 2.65. The Morgan fingerprint density at radius 2 is 2.05 bits per heavy atom. The molecule has 0 amide bonds. The van der Waals surface area contributed by atoms with Crippen molar-refractivity contribution in [1.29, 1.82) is 0 Å². The lowest BCUT2D eigenvalue weighted by Crippen LogP contribution is -2.43. The van der Waals surface area contributed by atoms with E-state index >= 15 is 0 Å². The first kappa shape index (κ1) is 13.7. The molecule has 104 valence electrons. The number of carbonyl (C=O) groups excluding carboxylic acids is 2. The van der Waals surface area contributed by atoms with Crippen LogP contribution in [-0.2, 0) is 4.79 Å². The summed E-state index contributed by atoms with van der Waals surface area (Å²) in [5.74, 6) is -2.67. The van der Waals surface area contributed by atoms with Crippen LogP contribution in [0.3, 0.4) is 0 Å². The molecule has 1 aromatic carbocycles. The van der Waals surface area contributed by atoms with Gasteiger partial charge in [0.1, 0.15) is 12.1 Å². The lowest BCUT2D eigenvalue weighted by Gasteiger charge is -2.18. The van der Waals surface area contributed by atoms with E-state index in [9.17, 15) is 19.8 Å². The van der Waals surface area contributed by atoms with E-state index < -0.39 is 24.6 Å². The van der Waals surface area contributed by atoms with Crippen molar-refractivity contribution in [1.82, 2.24) is 9.97 Å². The topological polar surface area (TPSA) is 138 Å². The molecule has 20 heavy (non-hydrogen) atoms. The Morgan fingerprint density at radius 3 is 2.65 bits per heavy atom. The molecule has 8 heteroatoms. The summed E-state index contributed by atoms with van der Waals surface area (Å²) >= 11 is 0. The number of carboxylic acid groups (broad SMARTS) is 2. The molecule has 0 unspecified atom stereocenters. The summed E-state index contributed by atoms with van der Waals surface area (Å²) in [5.41, 5.74) is 0.250. The van der Waals surface area contributed by atoms with E-state index in [4.69, 9.17) is 5.11 Å². The number of rotatable bonds is 5. The SMILES string of the molecule is O=C([O-])c1ccc2c(N[C@H](CO)C(=O)[O-])ncnc2c1. The molecule has 0 radical (unpaired) electrons. The minimum Gasteiger partial charge on any atom is -0.548 e. The number of aromatic nitrogens is 2. The van der Waals surface area contributed by atoms with Gasteiger partial charge in [-0.25, -0.2) is 9.97 Å². The number of nitrogens with one attached hydrogen (secondary N) is 1. The molecule has 0 aliphatic heterocycles. The van der Waals surface area contributed by atoms with Crippen molar-refractivity contribution < 1.29 is 24.9 Å². The van der Waals surface area contributed by atoms with Crippen LogP contribution < -0.4 is 15.5 Å². The Balaban J connectivity index is 2.44. The fourth-order valence-electron chi connectivity index (χ4n) is 1.64. The zero-order valence-electron chi connectivity index (χ0n) is 10.1. The second-order valence-corrected chi connectivity index (χ2v) is 3.94. The van der Waals surface area contributed by atoms with Crippen LogP contribution in [0, 0.1) is 0 Å². The highest BCUT2D eigenvalue weighted by Crippen LogP contribution is 2.20. The van der Waals surface area contributed by atoms with Gasteiger partial charge in [0.25, 0.3) is 0 Å². The highest BCUT2D eigenvalue weighted by Gasteiger charge is 2.12. The van der Waals surface area contributed by atoms with Crippen LogP contribution in [-0.4, -0.2) is 39.7 Å². The van der Waals surface area contributed by atoms with Crippen molar-refractivity contribution in [3.63, 3.8) is 0 Å². The Labute approximate surface area is 112 Å². The summed E-state index contributed by atoms with van der Waals surface area (Å²) in [6, 6.07) is 2.67. The van der Waals surface area contributed by atoms with E-state index in [0.29, 0.717) is 10.9 Å². The number of anilines is 1. The van der Waals surface area contributed by atoms with Crippen LogP contribution in [0.2, 0.25) is 0 Å². The normalized spacial score (nSPS) is 12.1. The summed E-state index contributed by atoms with van der Waals surface area (Å²) in [5, 5.41) is 33.3. The van der Waals surface area contributed by atoms with Crippen LogP contribution in [0.15, 0.2) is 24.5 Å². The Morgan fingerprint density at radius 1 is 1.30 bits per heavy atom. The molecule has 2 aromatic rings. The summed E-state index contributed by atoms with van der Waals surface area (Å²) in [6.45, 7) is -0.676. The number of aromatic carboxylic acids is 1. The van der Waals surface area contributed by atoms with E-state index in [2.05, 4.69) is 15.3 Å². The van der Waals surface area contributed by atoms with Gasteiger partial charge in [0.05, 0.1) is 30.1 Å². The molecular formula is C12H9N3O5-2. The Kier molecular flexibility index (Phi) is 3.76. The van der Waals surface area contributed by atoms with Crippen LogP contribution >= 0.6 is 0 Å². The van der Waals surface area contributed by atoms with E-state index in [0.717, 1.165) is 6.33 Å². The molecule has 1 heterocycles. The fourth-order valence-corrected chi connectivity index (χ4v) is 1.64. The van der Waals surface area contributed by atoms with Crippen LogP contribution in [0.1, 0.15) is 10.4 Å². The van der Waals surface area contributed by atoms with Gasteiger partial charge >= 0.3 is 0 Å². The number of hydrogen-bond donors (Lipinski definition) is 2. The largest absolute Gasteiger partial charge is 0.548 e. The van der Waals surface area contributed by atoms with Crippen molar-refractivity contribution in [2.75, 3.05) is 11.9 Å². The maximum Gasteiger partial charge on any atom is 0.137 e. The second-order valence-electron chi connectivity index (χ2n) is 3.94. The third-order valence-electron chi connectivity index (χ3n) is 2.65. The van der Waals surface area contributed by atoms with E-state index in [1.807, 2.05) is 0 Å². The second kappa shape index (κ2) is 5.49. The third kappa shape index (κ3) is 2.64. The van der Waals surface area contributed by atoms with Gasteiger partial charge in [0.2, 0.25) is 0 Å². The van der Waals surface area contributed by atoms with E-state index in [1.54, 1.807) is 0 Å². The molecule has 0 fully saturated rings. The number of aliphatic carboxylic acids is 1. The maximum atomic E-state index is 10.8. The quantitative estimate of drug-likeness (QED) is 0.611. The Bertz CT molecular complexity index is 673. The number of fused-ring (bicyclic) bond motifs is 1. The van der Waals surface area contributed by atoms with Crippen molar-refractivity contribution in [3.05, 3.63) is 30.1 Å². The lowest BCUT2D eigenvalue weighted by atomic mass is 10.1. The van der Waals surface area contributed by atoms with Crippen molar-refractivity contribution >= 4 is 28.7 Å². The molecule has 0 bridgehead atoms. The molecular weight excluding hydrogens is 266 g/mol. The van der Waals surface area contributed by atoms with Gasteiger partial charge in [-0.15, -0.1) is 0 Å². The number of benzene rings is 1. The molecule has 2 rings (SSSR count). The summed E-state index contributed by atoms with van der Waals surface area (Å²) in [7, 11) is 0. The van der Waals surface area contributed by atoms with Gasteiger partial charge in [0, 0.05) is 5.39 Å².